The lowest BCUT2D eigenvalue weighted by molar-refractivity contribution is -0.108. The smallest absolute Gasteiger partial charge is 0.211 e. The molecule has 1 aromatic heterocycles. The monoisotopic (exact) mass is 231 g/mol. The molecular formula is C13H17N3O. The molecule has 1 amide bonds. The number of aromatic nitrogens is 1. The minimum atomic E-state index is 0.647. The standard InChI is InChI=1S/C13H17N3O/c1-4-5-11(7-15-9-17)13-6-12(14-3)8-16-10(13)2/h4-9,14H,1-3H3,(H,15,17)/b5-4-,11-7+. The SMILES string of the molecule is C/C=C\C(=C/NC=O)c1cc(NC)cnc1C. The van der Waals surface area contributed by atoms with Crippen molar-refractivity contribution in [3.8, 4) is 0 Å². The number of nitrogens with one attached hydrogen (secondary N) is 2. The Labute approximate surface area is 101 Å². The van der Waals surface area contributed by atoms with Crippen LogP contribution in [0.5, 0.6) is 0 Å². The van der Waals surface area contributed by atoms with Crippen LogP contribution in [0.2, 0.25) is 0 Å². The van der Waals surface area contributed by atoms with Crippen molar-refractivity contribution in [3.05, 3.63) is 41.9 Å². The van der Waals surface area contributed by atoms with E-state index in [0.29, 0.717) is 6.41 Å². The topological polar surface area (TPSA) is 54.0 Å². The third-order valence-corrected chi connectivity index (χ3v) is 2.34. The Morgan fingerprint density at radius 2 is 2.24 bits per heavy atom. The average Bonchev–Trinajstić information content (AvgIpc) is 2.35. The van der Waals surface area contributed by atoms with Gasteiger partial charge in [0.1, 0.15) is 0 Å². The Morgan fingerprint density at radius 1 is 1.47 bits per heavy atom. The first kappa shape index (κ1) is 13.0. The molecular weight excluding hydrogens is 214 g/mol. The number of carbonyl (C=O) groups is 1. The van der Waals surface area contributed by atoms with Crippen LogP contribution in [-0.4, -0.2) is 18.4 Å². The third kappa shape index (κ3) is 3.45. The summed E-state index contributed by atoms with van der Waals surface area (Å²) in [4.78, 5) is 14.7. The van der Waals surface area contributed by atoms with Gasteiger partial charge in [0.15, 0.2) is 0 Å². The van der Waals surface area contributed by atoms with Gasteiger partial charge in [0, 0.05) is 24.5 Å². The molecule has 0 fully saturated rings. The summed E-state index contributed by atoms with van der Waals surface area (Å²) >= 11 is 0. The van der Waals surface area contributed by atoms with E-state index in [9.17, 15) is 4.79 Å². The second kappa shape index (κ2) is 6.48. The van der Waals surface area contributed by atoms with Gasteiger partial charge < -0.3 is 10.6 Å². The fraction of sp³-hybridized carbons (Fsp3) is 0.231. The number of amides is 1. The van der Waals surface area contributed by atoms with Crippen LogP contribution in [0.4, 0.5) is 5.69 Å². The van der Waals surface area contributed by atoms with E-state index in [2.05, 4.69) is 15.6 Å². The van der Waals surface area contributed by atoms with E-state index in [1.165, 1.54) is 0 Å². The third-order valence-electron chi connectivity index (χ3n) is 2.34. The van der Waals surface area contributed by atoms with Gasteiger partial charge in [0.05, 0.1) is 11.9 Å². The highest BCUT2D eigenvalue weighted by molar-refractivity contribution is 5.77. The van der Waals surface area contributed by atoms with E-state index < -0.39 is 0 Å². The lowest BCUT2D eigenvalue weighted by Crippen LogP contribution is -2.02. The molecule has 0 saturated heterocycles. The molecule has 0 unspecified atom stereocenters. The Kier molecular flexibility index (Phi) is 4.94. The van der Waals surface area contributed by atoms with Crippen molar-refractivity contribution >= 4 is 17.7 Å². The molecule has 1 aromatic rings. The number of carbonyl (C=O) groups excluding carboxylic acids is 1. The maximum absolute atomic E-state index is 10.3. The maximum Gasteiger partial charge on any atom is 0.211 e. The first-order chi connectivity index (χ1) is 8.22. The van der Waals surface area contributed by atoms with Gasteiger partial charge in [-0.2, -0.15) is 0 Å². The van der Waals surface area contributed by atoms with Crippen molar-refractivity contribution in [3.63, 3.8) is 0 Å². The van der Waals surface area contributed by atoms with Crippen LogP contribution in [0.1, 0.15) is 18.2 Å². The van der Waals surface area contributed by atoms with Crippen molar-refractivity contribution < 1.29 is 4.79 Å². The first-order valence-corrected chi connectivity index (χ1v) is 5.40. The second-order valence-corrected chi connectivity index (χ2v) is 3.49. The molecule has 90 valence electrons. The van der Waals surface area contributed by atoms with Gasteiger partial charge in [0.2, 0.25) is 6.41 Å². The van der Waals surface area contributed by atoms with Gasteiger partial charge in [-0.25, -0.2) is 0 Å². The Hall–Kier alpha value is -2.10. The van der Waals surface area contributed by atoms with E-state index >= 15 is 0 Å². The van der Waals surface area contributed by atoms with Crippen LogP contribution < -0.4 is 10.6 Å². The van der Waals surface area contributed by atoms with Crippen LogP contribution in [0.25, 0.3) is 5.57 Å². The molecule has 1 rings (SSSR count). The molecule has 1 heterocycles. The molecule has 17 heavy (non-hydrogen) atoms. The number of hydrogen-bond acceptors (Lipinski definition) is 3. The highest BCUT2D eigenvalue weighted by atomic mass is 16.1. The summed E-state index contributed by atoms with van der Waals surface area (Å²) in [6, 6.07) is 2.00. The predicted octanol–water partition coefficient (Wildman–Crippen LogP) is 2.09. The average molecular weight is 231 g/mol. The summed E-state index contributed by atoms with van der Waals surface area (Å²) in [5, 5.41) is 5.60. The number of allylic oxidation sites excluding steroid dienone is 3. The minimum absolute atomic E-state index is 0.647. The number of hydrogen-bond donors (Lipinski definition) is 2. The fourth-order valence-electron chi connectivity index (χ4n) is 1.48. The molecule has 0 bridgehead atoms. The van der Waals surface area contributed by atoms with E-state index in [4.69, 9.17) is 0 Å². The molecule has 0 spiro atoms. The number of pyridine rings is 1. The van der Waals surface area contributed by atoms with Crippen molar-refractivity contribution in [2.24, 2.45) is 0 Å². The van der Waals surface area contributed by atoms with Crippen LogP contribution in [0.3, 0.4) is 0 Å². The Bertz CT molecular complexity index is 450. The number of aryl methyl sites for hydroxylation is 1. The van der Waals surface area contributed by atoms with Crippen molar-refractivity contribution in [2.75, 3.05) is 12.4 Å². The molecule has 0 saturated carbocycles. The van der Waals surface area contributed by atoms with Gasteiger partial charge in [-0.15, -0.1) is 0 Å². The minimum Gasteiger partial charge on any atom is -0.387 e. The van der Waals surface area contributed by atoms with Gasteiger partial charge in [0.25, 0.3) is 0 Å². The molecule has 0 aromatic carbocycles. The number of anilines is 1. The van der Waals surface area contributed by atoms with Crippen LogP contribution >= 0.6 is 0 Å². The van der Waals surface area contributed by atoms with Crippen molar-refractivity contribution in [2.45, 2.75) is 13.8 Å². The normalized spacial score (nSPS) is 11.6. The quantitative estimate of drug-likeness (QED) is 0.602. The zero-order valence-corrected chi connectivity index (χ0v) is 10.3. The zero-order chi connectivity index (χ0) is 12.7. The summed E-state index contributed by atoms with van der Waals surface area (Å²) in [7, 11) is 1.85. The summed E-state index contributed by atoms with van der Waals surface area (Å²) in [5.41, 5.74) is 3.76. The molecule has 0 aliphatic heterocycles. The molecule has 4 heteroatoms. The van der Waals surface area contributed by atoms with Gasteiger partial charge in [-0.1, -0.05) is 12.2 Å². The molecule has 0 radical (unpaired) electrons. The Morgan fingerprint density at radius 3 is 2.82 bits per heavy atom. The number of nitrogens with zero attached hydrogens (tertiary/aromatic N) is 1. The van der Waals surface area contributed by atoms with Crippen LogP contribution in [-0.2, 0) is 4.79 Å². The van der Waals surface area contributed by atoms with E-state index in [1.54, 1.807) is 12.4 Å². The lowest BCUT2D eigenvalue weighted by Gasteiger charge is -2.09. The highest BCUT2D eigenvalue weighted by Gasteiger charge is 2.04. The second-order valence-electron chi connectivity index (χ2n) is 3.49. The summed E-state index contributed by atoms with van der Waals surface area (Å²) in [6.45, 7) is 3.87. The lowest BCUT2D eigenvalue weighted by atomic mass is 10.0. The van der Waals surface area contributed by atoms with E-state index in [-0.39, 0.29) is 0 Å². The predicted molar refractivity (Wildman–Crippen MR) is 70.5 cm³/mol. The van der Waals surface area contributed by atoms with Crippen molar-refractivity contribution in [1.82, 2.24) is 10.3 Å². The molecule has 4 nitrogen and oxygen atoms in total. The summed E-state index contributed by atoms with van der Waals surface area (Å²) < 4.78 is 0. The highest BCUT2D eigenvalue weighted by Crippen LogP contribution is 2.21. The fourth-order valence-corrected chi connectivity index (χ4v) is 1.48. The van der Waals surface area contributed by atoms with Crippen molar-refractivity contribution in [1.29, 1.82) is 0 Å². The molecule has 2 N–H and O–H groups in total. The molecule has 0 aliphatic carbocycles. The maximum atomic E-state index is 10.3. The van der Waals surface area contributed by atoms with Gasteiger partial charge in [-0.05, 0) is 25.5 Å². The first-order valence-electron chi connectivity index (χ1n) is 5.40. The van der Waals surface area contributed by atoms with Crippen LogP contribution in [0, 0.1) is 6.92 Å². The van der Waals surface area contributed by atoms with Crippen LogP contribution in [0.15, 0.2) is 30.6 Å². The number of rotatable bonds is 5. The summed E-state index contributed by atoms with van der Waals surface area (Å²) in [6.07, 6.45) is 7.94. The molecule has 0 atom stereocenters. The summed E-state index contributed by atoms with van der Waals surface area (Å²) in [5.74, 6) is 0. The zero-order valence-electron chi connectivity index (χ0n) is 10.3. The largest absolute Gasteiger partial charge is 0.387 e. The molecule has 0 aliphatic rings. The van der Waals surface area contributed by atoms with Gasteiger partial charge in [-0.3, -0.25) is 9.78 Å². The van der Waals surface area contributed by atoms with Gasteiger partial charge >= 0.3 is 0 Å². The van der Waals surface area contributed by atoms with E-state index in [0.717, 1.165) is 22.5 Å². The Balaban J connectivity index is 3.21. The van der Waals surface area contributed by atoms with E-state index in [1.807, 2.05) is 39.1 Å².